The first-order valence-electron chi connectivity index (χ1n) is 3.15. The highest BCUT2D eigenvalue weighted by molar-refractivity contribution is 4.99. The Kier molecular flexibility index (Phi) is 3.02. The molecule has 1 rings (SSSR count). The van der Waals surface area contributed by atoms with E-state index in [9.17, 15) is 0 Å². The Morgan fingerprint density at radius 1 is 1.82 bits per heavy atom. The minimum absolute atomic E-state index is 0.392. The van der Waals surface area contributed by atoms with Gasteiger partial charge in [0, 0.05) is 17.5 Å². The number of rotatable bonds is 4. The summed E-state index contributed by atoms with van der Waals surface area (Å²) in [5.74, 6) is 0. The van der Waals surface area contributed by atoms with Gasteiger partial charge in [-0.15, -0.1) is 0 Å². The van der Waals surface area contributed by atoms with E-state index >= 15 is 0 Å². The number of azide groups is 1. The zero-order valence-corrected chi connectivity index (χ0v) is 5.84. The molecular formula is C6H7N4O. The second kappa shape index (κ2) is 4.35. The Bertz CT molecular complexity index is 237. The predicted molar refractivity (Wildman–Crippen MR) is 38.5 cm³/mol. The maximum absolute atomic E-state index is 7.93. The van der Waals surface area contributed by atoms with Crippen molar-refractivity contribution in [3.63, 3.8) is 0 Å². The van der Waals surface area contributed by atoms with Crippen LogP contribution in [0.15, 0.2) is 22.0 Å². The van der Waals surface area contributed by atoms with Gasteiger partial charge >= 0.3 is 0 Å². The highest BCUT2D eigenvalue weighted by Gasteiger charge is 1.94. The second-order valence-corrected chi connectivity index (χ2v) is 1.90. The average molecular weight is 151 g/mol. The molecule has 0 unspecified atom stereocenters. The molecule has 11 heavy (non-hydrogen) atoms. The van der Waals surface area contributed by atoms with Gasteiger partial charge in [0.2, 0.25) is 0 Å². The molecule has 1 radical (unpaired) electrons. The Hall–Kier alpha value is -1.48. The molecule has 1 heterocycles. The highest BCUT2D eigenvalue weighted by Crippen LogP contribution is 1.97. The third-order valence-electron chi connectivity index (χ3n) is 1.12. The van der Waals surface area contributed by atoms with Gasteiger partial charge in [-0.25, -0.2) is 0 Å². The Morgan fingerprint density at radius 3 is 3.36 bits per heavy atom. The first-order chi connectivity index (χ1) is 5.43. The van der Waals surface area contributed by atoms with Crippen molar-refractivity contribution < 1.29 is 4.52 Å². The van der Waals surface area contributed by atoms with Crippen LogP contribution in [0.4, 0.5) is 0 Å². The first kappa shape index (κ1) is 7.63. The summed E-state index contributed by atoms with van der Waals surface area (Å²) >= 11 is 0. The van der Waals surface area contributed by atoms with E-state index in [0.29, 0.717) is 13.0 Å². The molecule has 0 saturated heterocycles. The van der Waals surface area contributed by atoms with Crippen LogP contribution in [-0.4, -0.2) is 11.7 Å². The van der Waals surface area contributed by atoms with Gasteiger partial charge in [-0.2, -0.15) is 0 Å². The molecule has 0 atom stereocenters. The smallest absolute Gasteiger partial charge is 0.124 e. The van der Waals surface area contributed by atoms with E-state index in [4.69, 9.17) is 5.53 Å². The number of hydrogen-bond acceptors (Lipinski definition) is 3. The van der Waals surface area contributed by atoms with Crippen LogP contribution in [0.2, 0.25) is 0 Å². The van der Waals surface area contributed by atoms with E-state index in [0.717, 1.165) is 5.69 Å². The average Bonchev–Trinajstić information content (AvgIpc) is 2.50. The van der Waals surface area contributed by atoms with Crippen molar-refractivity contribution in [3.05, 3.63) is 34.9 Å². The lowest BCUT2D eigenvalue weighted by Crippen LogP contribution is -1.88. The standard InChI is InChI=1S/C6H7N4O/c7-10-8-4-1-2-6-3-5-11-9-6/h1,3,5H,2,4H2. The molecule has 0 bridgehead atoms. The van der Waals surface area contributed by atoms with E-state index in [2.05, 4.69) is 19.7 Å². The van der Waals surface area contributed by atoms with Crippen LogP contribution in [0.3, 0.4) is 0 Å². The molecule has 5 nitrogen and oxygen atoms in total. The highest BCUT2D eigenvalue weighted by atomic mass is 16.5. The maximum Gasteiger partial charge on any atom is 0.124 e. The molecule has 0 aromatic carbocycles. The molecule has 0 amide bonds. The van der Waals surface area contributed by atoms with E-state index in [1.165, 1.54) is 6.26 Å². The molecule has 0 saturated carbocycles. The number of aromatic nitrogens is 1. The summed E-state index contributed by atoms with van der Waals surface area (Å²) in [6, 6.07) is 1.77. The molecule has 0 N–H and O–H groups in total. The zero-order valence-electron chi connectivity index (χ0n) is 5.84. The summed E-state index contributed by atoms with van der Waals surface area (Å²) in [5.41, 5.74) is 8.77. The predicted octanol–water partition coefficient (Wildman–Crippen LogP) is 1.73. The van der Waals surface area contributed by atoms with Gasteiger partial charge in [0.1, 0.15) is 6.26 Å². The van der Waals surface area contributed by atoms with Gasteiger partial charge in [0.15, 0.2) is 0 Å². The molecular weight excluding hydrogens is 144 g/mol. The van der Waals surface area contributed by atoms with Crippen molar-refractivity contribution >= 4 is 0 Å². The topological polar surface area (TPSA) is 74.8 Å². The summed E-state index contributed by atoms with van der Waals surface area (Å²) in [6.07, 6.45) is 4.02. The van der Waals surface area contributed by atoms with Crippen LogP contribution in [0.1, 0.15) is 5.69 Å². The molecule has 0 aliphatic heterocycles. The molecule has 57 valence electrons. The van der Waals surface area contributed by atoms with Crippen LogP contribution in [0, 0.1) is 6.42 Å². The monoisotopic (exact) mass is 151 g/mol. The zero-order chi connectivity index (χ0) is 7.94. The van der Waals surface area contributed by atoms with Crippen LogP contribution in [0.5, 0.6) is 0 Å². The minimum atomic E-state index is 0.392. The molecule has 0 fully saturated rings. The third kappa shape index (κ3) is 2.73. The lowest BCUT2D eigenvalue weighted by atomic mass is 10.2. The van der Waals surface area contributed by atoms with E-state index in [1.54, 1.807) is 6.07 Å². The van der Waals surface area contributed by atoms with Gasteiger partial charge in [-0.1, -0.05) is 10.3 Å². The molecule has 0 aliphatic carbocycles. The van der Waals surface area contributed by atoms with Crippen molar-refractivity contribution in [3.8, 4) is 0 Å². The van der Waals surface area contributed by atoms with E-state index < -0.39 is 0 Å². The second-order valence-electron chi connectivity index (χ2n) is 1.90. The number of nitrogens with zero attached hydrogens (tertiary/aromatic N) is 4. The minimum Gasteiger partial charge on any atom is -0.365 e. The summed E-state index contributed by atoms with van der Waals surface area (Å²) in [6.45, 7) is 0.392. The summed E-state index contributed by atoms with van der Waals surface area (Å²) in [5, 5.41) is 7.01. The van der Waals surface area contributed by atoms with Crippen molar-refractivity contribution in [2.24, 2.45) is 5.11 Å². The fraction of sp³-hybridized carbons (Fsp3) is 0.333. The SMILES string of the molecule is [N-]=[N+]=NC[CH]Cc1ccon1. The van der Waals surface area contributed by atoms with E-state index in [1.807, 2.05) is 6.42 Å². The third-order valence-corrected chi connectivity index (χ3v) is 1.12. The van der Waals surface area contributed by atoms with Gasteiger partial charge in [0.25, 0.3) is 0 Å². The summed E-state index contributed by atoms with van der Waals surface area (Å²) in [7, 11) is 0. The largest absolute Gasteiger partial charge is 0.365 e. The van der Waals surface area contributed by atoms with Gasteiger partial charge in [-0.3, -0.25) is 0 Å². The van der Waals surface area contributed by atoms with Crippen LogP contribution in [0.25, 0.3) is 10.4 Å². The summed E-state index contributed by atoms with van der Waals surface area (Å²) in [4.78, 5) is 2.60. The van der Waals surface area contributed by atoms with Crippen LogP contribution in [-0.2, 0) is 6.42 Å². The lowest BCUT2D eigenvalue weighted by molar-refractivity contribution is 0.412. The van der Waals surface area contributed by atoms with Gasteiger partial charge in [0.05, 0.1) is 5.69 Å². The quantitative estimate of drug-likeness (QED) is 0.284. The fourth-order valence-electron chi connectivity index (χ4n) is 0.650. The number of hydrogen-bond donors (Lipinski definition) is 0. The lowest BCUT2D eigenvalue weighted by Gasteiger charge is -1.88. The molecule has 1 aromatic rings. The fourth-order valence-corrected chi connectivity index (χ4v) is 0.650. The first-order valence-corrected chi connectivity index (χ1v) is 3.15. The maximum atomic E-state index is 7.93. The van der Waals surface area contributed by atoms with Crippen LogP contribution >= 0.6 is 0 Å². The molecule has 0 spiro atoms. The Morgan fingerprint density at radius 2 is 2.73 bits per heavy atom. The van der Waals surface area contributed by atoms with Crippen molar-refractivity contribution in [2.75, 3.05) is 6.54 Å². The van der Waals surface area contributed by atoms with Crippen LogP contribution < -0.4 is 0 Å². The summed E-state index contributed by atoms with van der Waals surface area (Å²) < 4.78 is 4.60. The van der Waals surface area contributed by atoms with Crippen molar-refractivity contribution in [1.82, 2.24) is 5.16 Å². The molecule has 1 aromatic heterocycles. The van der Waals surface area contributed by atoms with Crippen molar-refractivity contribution in [1.29, 1.82) is 0 Å². The van der Waals surface area contributed by atoms with Gasteiger partial charge < -0.3 is 4.52 Å². The van der Waals surface area contributed by atoms with E-state index in [-0.39, 0.29) is 0 Å². The van der Waals surface area contributed by atoms with Gasteiger partial charge in [-0.05, 0) is 18.4 Å². The molecule has 0 aliphatic rings. The normalized spacial score (nSPS) is 9.09. The Balaban J connectivity index is 2.18. The molecule has 5 heteroatoms. The Labute approximate surface area is 63.6 Å². The van der Waals surface area contributed by atoms with Crippen molar-refractivity contribution in [2.45, 2.75) is 6.42 Å².